The van der Waals surface area contributed by atoms with Gasteiger partial charge in [0.25, 0.3) is 0 Å². The molecule has 0 spiro atoms. The molecule has 0 bridgehead atoms. The second kappa shape index (κ2) is 7.77. The number of H-pyrrole nitrogens is 1. The number of nitrogens with one attached hydrogen (secondary N) is 1. The van der Waals surface area contributed by atoms with Crippen LogP contribution >= 0.6 is 0 Å². The number of rotatable bonds is 3. The van der Waals surface area contributed by atoms with E-state index in [1.807, 2.05) is 12.1 Å². The quantitative estimate of drug-likeness (QED) is 0.905. The lowest BCUT2D eigenvalue weighted by molar-refractivity contribution is -0.192. The molecule has 2 N–H and O–H groups in total. The first kappa shape index (κ1) is 18.7. The maximum absolute atomic E-state index is 11.5. The summed E-state index contributed by atoms with van der Waals surface area (Å²) in [5.41, 5.74) is 2.25. The van der Waals surface area contributed by atoms with Gasteiger partial charge in [-0.15, -0.1) is 0 Å². The molecule has 1 aromatic carbocycles. The number of carbonyl (C=O) groups is 1. The van der Waals surface area contributed by atoms with Crippen molar-refractivity contribution in [1.29, 1.82) is 0 Å². The van der Waals surface area contributed by atoms with Gasteiger partial charge >= 0.3 is 12.1 Å². The summed E-state index contributed by atoms with van der Waals surface area (Å²) in [6.07, 6.45) is -2.39. The normalized spacial score (nSPS) is 11.2. The summed E-state index contributed by atoms with van der Waals surface area (Å²) in [4.78, 5) is 25.7. The number of pyridine rings is 1. The summed E-state index contributed by atoms with van der Waals surface area (Å²) in [5, 5.41) is 7.89. The molecule has 126 valence electrons. The Bertz CT molecular complexity index is 724. The number of aromatic nitrogens is 1. The fourth-order valence-corrected chi connectivity index (χ4v) is 1.73. The topological polar surface area (TPSA) is 73.4 Å². The molecule has 0 atom stereocenters. The van der Waals surface area contributed by atoms with E-state index in [0.29, 0.717) is 0 Å². The highest BCUT2D eigenvalue weighted by Crippen LogP contribution is 2.13. The van der Waals surface area contributed by atoms with Crippen LogP contribution in [-0.2, 0) is 11.2 Å². The van der Waals surface area contributed by atoms with Crippen LogP contribution in [0.5, 0.6) is 0 Å². The average Bonchev–Trinajstić information content (AvgIpc) is 2.45. The highest BCUT2D eigenvalue weighted by Gasteiger charge is 2.38. The summed E-state index contributed by atoms with van der Waals surface area (Å²) in [6, 6.07) is 7.54. The molecule has 0 fully saturated rings. The maximum atomic E-state index is 11.5. The zero-order valence-electron chi connectivity index (χ0n) is 12.6. The molecular formula is C15H17F3N2O3. The van der Waals surface area contributed by atoms with E-state index in [4.69, 9.17) is 9.90 Å². The highest BCUT2D eigenvalue weighted by atomic mass is 19.4. The first-order valence-electron chi connectivity index (χ1n) is 6.66. The minimum Gasteiger partial charge on any atom is -0.475 e. The largest absolute Gasteiger partial charge is 0.490 e. The Morgan fingerprint density at radius 3 is 2.39 bits per heavy atom. The van der Waals surface area contributed by atoms with E-state index < -0.39 is 12.1 Å². The Morgan fingerprint density at radius 2 is 1.87 bits per heavy atom. The number of aromatic amines is 1. The molecule has 0 unspecified atom stereocenters. The minimum atomic E-state index is -5.08. The third-order valence-corrected chi connectivity index (χ3v) is 2.91. The predicted molar refractivity (Wildman–Crippen MR) is 80.5 cm³/mol. The molecule has 5 nitrogen and oxygen atoms in total. The van der Waals surface area contributed by atoms with E-state index in [1.54, 1.807) is 12.3 Å². The van der Waals surface area contributed by atoms with Crippen molar-refractivity contribution in [3.63, 3.8) is 0 Å². The fourth-order valence-electron chi connectivity index (χ4n) is 1.73. The number of carboxylic acids is 1. The van der Waals surface area contributed by atoms with E-state index in [1.165, 1.54) is 5.56 Å². The Morgan fingerprint density at radius 1 is 1.26 bits per heavy atom. The van der Waals surface area contributed by atoms with Crippen molar-refractivity contribution in [3.05, 3.63) is 46.2 Å². The van der Waals surface area contributed by atoms with Gasteiger partial charge in [0.1, 0.15) is 0 Å². The first-order valence-corrected chi connectivity index (χ1v) is 6.66. The molecule has 23 heavy (non-hydrogen) atoms. The van der Waals surface area contributed by atoms with E-state index in [9.17, 15) is 18.0 Å². The van der Waals surface area contributed by atoms with E-state index >= 15 is 0 Å². The summed E-state index contributed by atoms with van der Waals surface area (Å²) >= 11 is 0. The molecule has 8 heteroatoms. The van der Waals surface area contributed by atoms with Crippen LogP contribution < -0.4 is 5.43 Å². The molecule has 0 aliphatic heterocycles. The highest BCUT2D eigenvalue weighted by molar-refractivity contribution is 5.78. The minimum absolute atomic E-state index is 0.0768. The van der Waals surface area contributed by atoms with Crippen molar-refractivity contribution in [2.75, 3.05) is 20.6 Å². The van der Waals surface area contributed by atoms with Crippen molar-refractivity contribution in [3.8, 4) is 0 Å². The predicted octanol–water partition coefficient (Wildman–Crippen LogP) is 2.27. The maximum Gasteiger partial charge on any atom is 0.490 e. The van der Waals surface area contributed by atoms with Crippen molar-refractivity contribution in [2.24, 2.45) is 0 Å². The standard InChI is InChI=1S/C13H16N2O.C2HF3O2/c1-15(2)8-6-10-3-4-11-12(9-10)14-7-5-13(11)16;3-2(4,5)1(6)7/h3-5,7,9H,6,8H2,1-2H3,(H,14,16);(H,6,7). The van der Waals surface area contributed by atoms with Gasteiger partial charge in [-0.25, -0.2) is 4.79 Å². The van der Waals surface area contributed by atoms with Gasteiger partial charge < -0.3 is 15.0 Å². The number of fused-ring (bicyclic) bond motifs is 1. The number of aliphatic carboxylic acids is 1. The van der Waals surface area contributed by atoms with Gasteiger partial charge in [0, 0.05) is 29.7 Å². The van der Waals surface area contributed by atoms with Crippen LogP contribution in [0.1, 0.15) is 5.56 Å². The average molecular weight is 330 g/mol. The van der Waals surface area contributed by atoms with Gasteiger partial charge in [0.05, 0.1) is 0 Å². The number of hydrogen-bond donors (Lipinski definition) is 2. The monoisotopic (exact) mass is 330 g/mol. The number of alkyl halides is 3. The smallest absolute Gasteiger partial charge is 0.475 e. The molecule has 0 aliphatic rings. The lowest BCUT2D eigenvalue weighted by Gasteiger charge is -2.09. The molecule has 0 amide bonds. The number of benzene rings is 1. The van der Waals surface area contributed by atoms with Crippen LogP contribution in [0.3, 0.4) is 0 Å². The second-order valence-corrected chi connectivity index (χ2v) is 5.08. The molecule has 0 saturated carbocycles. The molecule has 2 rings (SSSR count). The van der Waals surface area contributed by atoms with Gasteiger partial charge in [-0.3, -0.25) is 4.79 Å². The molecule has 0 saturated heterocycles. The Kier molecular flexibility index (Phi) is 6.32. The number of carboxylic acid groups (broad SMARTS) is 1. The lowest BCUT2D eigenvalue weighted by Crippen LogP contribution is -2.21. The van der Waals surface area contributed by atoms with Crippen LogP contribution in [0.15, 0.2) is 35.3 Å². The van der Waals surface area contributed by atoms with Gasteiger partial charge in [0.2, 0.25) is 0 Å². The zero-order valence-corrected chi connectivity index (χ0v) is 12.6. The SMILES string of the molecule is CN(C)CCc1ccc2c(=O)cc[nH]c2c1.O=C(O)C(F)(F)F. The molecule has 0 aliphatic carbocycles. The van der Waals surface area contributed by atoms with Gasteiger partial charge in [-0.2, -0.15) is 13.2 Å². The van der Waals surface area contributed by atoms with Crippen LogP contribution in [0.25, 0.3) is 10.9 Å². The number of halogens is 3. The number of nitrogens with zero attached hydrogens (tertiary/aromatic N) is 1. The van der Waals surface area contributed by atoms with Crippen molar-refractivity contribution in [1.82, 2.24) is 9.88 Å². The van der Waals surface area contributed by atoms with Crippen LogP contribution in [-0.4, -0.2) is 47.8 Å². The molecule has 1 aromatic heterocycles. The summed E-state index contributed by atoms with van der Waals surface area (Å²) in [5.74, 6) is -2.76. The van der Waals surface area contributed by atoms with Gasteiger partial charge in [-0.05, 0) is 38.2 Å². The van der Waals surface area contributed by atoms with E-state index in [2.05, 4.69) is 30.0 Å². The zero-order chi connectivity index (χ0) is 17.6. The second-order valence-electron chi connectivity index (χ2n) is 5.08. The van der Waals surface area contributed by atoms with Gasteiger partial charge in [0.15, 0.2) is 5.43 Å². The van der Waals surface area contributed by atoms with Crippen LogP contribution in [0.2, 0.25) is 0 Å². The summed E-state index contributed by atoms with van der Waals surface area (Å²) in [6.45, 7) is 1.02. The molecule has 1 heterocycles. The number of likely N-dealkylation sites (N-methyl/N-ethyl adjacent to an activating group) is 1. The third-order valence-electron chi connectivity index (χ3n) is 2.91. The third kappa shape index (κ3) is 6.11. The lowest BCUT2D eigenvalue weighted by atomic mass is 10.1. The van der Waals surface area contributed by atoms with E-state index in [-0.39, 0.29) is 5.43 Å². The summed E-state index contributed by atoms with van der Waals surface area (Å²) < 4.78 is 31.7. The molecular weight excluding hydrogens is 313 g/mol. The summed E-state index contributed by atoms with van der Waals surface area (Å²) in [7, 11) is 4.12. The Hall–Kier alpha value is -2.35. The van der Waals surface area contributed by atoms with Crippen molar-refractivity contribution < 1.29 is 23.1 Å². The molecule has 2 aromatic rings. The van der Waals surface area contributed by atoms with Crippen molar-refractivity contribution >= 4 is 16.9 Å². The number of hydrogen-bond acceptors (Lipinski definition) is 3. The van der Waals surface area contributed by atoms with Crippen molar-refractivity contribution in [2.45, 2.75) is 12.6 Å². The van der Waals surface area contributed by atoms with Gasteiger partial charge in [-0.1, -0.05) is 6.07 Å². The fraction of sp³-hybridized carbons (Fsp3) is 0.333. The van der Waals surface area contributed by atoms with E-state index in [0.717, 1.165) is 23.9 Å². The Labute approximate surface area is 130 Å². The van der Waals surface area contributed by atoms with Crippen LogP contribution in [0, 0.1) is 0 Å². The first-order chi connectivity index (χ1) is 10.6. The molecule has 0 radical (unpaired) electrons. The van der Waals surface area contributed by atoms with Crippen LogP contribution in [0.4, 0.5) is 13.2 Å². The Balaban J connectivity index is 0.000000322.